The van der Waals surface area contributed by atoms with Gasteiger partial charge in [0.1, 0.15) is 0 Å². The van der Waals surface area contributed by atoms with Gasteiger partial charge < -0.3 is 0 Å². The van der Waals surface area contributed by atoms with E-state index in [-0.39, 0.29) is 0 Å². The van der Waals surface area contributed by atoms with Crippen molar-refractivity contribution in [2.75, 3.05) is 0 Å². The van der Waals surface area contributed by atoms with Crippen LogP contribution in [-0.2, 0) is 0 Å². The van der Waals surface area contributed by atoms with Gasteiger partial charge in [-0.15, -0.1) is 0 Å². The van der Waals surface area contributed by atoms with Gasteiger partial charge in [0, 0.05) is 5.02 Å². The highest BCUT2D eigenvalue weighted by molar-refractivity contribution is 6.31. The topological polar surface area (TPSA) is 0 Å². The second-order valence-electron chi connectivity index (χ2n) is 3.87. The minimum atomic E-state index is 0.702. The van der Waals surface area contributed by atoms with Crippen LogP contribution in [0.5, 0.6) is 0 Å². The quantitative estimate of drug-likeness (QED) is 0.675. The van der Waals surface area contributed by atoms with Crippen molar-refractivity contribution in [3.8, 4) is 0 Å². The van der Waals surface area contributed by atoms with E-state index in [4.69, 9.17) is 11.6 Å². The van der Waals surface area contributed by atoms with Gasteiger partial charge in [0.25, 0.3) is 0 Å². The Morgan fingerprint density at radius 2 is 2.08 bits per heavy atom. The van der Waals surface area contributed by atoms with Crippen molar-refractivity contribution < 1.29 is 0 Å². The molecule has 0 aromatic heterocycles. The molecule has 70 valence electrons. The summed E-state index contributed by atoms with van der Waals surface area (Å²) in [7, 11) is 0. The van der Waals surface area contributed by atoms with Gasteiger partial charge >= 0.3 is 0 Å². The van der Waals surface area contributed by atoms with E-state index < -0.39 is 0 Å². The Morgan fingerprint density at radius 3 is 2.62 bits per heavy atom. The van der Waals surface area contributed by atoms with E-state index in [0.29, 0.717) is 5.92 Å². The molecule has 1 aromatic carbocycles. The number of hydrogen-bond donors (Lipinski definition) is 0. The zero-order valence-corrected chi connectivity index (χ0v) is 8.72. The van der Waals surface area contributed by atoms with Gasteiger partial charge in [0.2, 0.25) is 0 Å². The van der Waals surface area contributed by atoms with Crippen LogP contribution in [0.25, 0.3) is 0 Å². The van der Waals surface area contributed by atoms with Crippen molar-refractivity contribution in [1.82, 2.24) is 0 Å². The van der Waals surface area contributed by atoms with E-state index in [1.54, 1.807) is 0 Å². The monoisotopic (exact) mass is 194 g/mol. The van der Waals surface area contributed by atoms with Crippen LogP contribution in [-0.4, -0.2) is 0 Å². The fourth-order valence-electron chi connectivity index (χ4n) is 2.08. The van der Waals surface area contributed by atoms with Gasteiger partial charge in [0.15, 0.2) is 0 Å². The van der Waals surface area contributed by atoms with Crippen LogP contribution in [0.4, 0.5) is 0 Å². The highest BCUT2D eigenvalue weighted by Gasteiger charge is 2.31. The maximum atomic E-state index is 6.17. The zero-order chi connectivity index (χ0) is 9.26. The first-order valence-corrected chi connectivity index (χ1v) is 5.45. The first-order valence-electron chi connectivity index (χ1n) is 5.07. The van der Waals surface area contributed by atoms with Crippen molar-refractivity contribution in [2.45, 2.75) is 32.1 Å². The third kappa shape index (κ3) is 1.88. The Bertz CT molecular complexity index is 289. The molecule has 1 heteroatoms. The Morgan fingerprint density at radius 1 is 1.38 bits per heavy atom. The molecule has 0 aliphatic heterocycles. The lowest BCUT2D eigenvalue weighted by molar-refractivity contribution is 0.587. The van der Waals surface area contributed by atoms with E-state index in [1.807, 2.05) is 12.1 Å². The highest BCUT2D eigenvalue weighted by atomic mass is 35.5. The average Bonchev–Trinajstić information content (AvgIpc) is 2.93. The fraction of sp³-hybridized carbons (Fsp3) is 0.500. The Labute approximate surface area is 84.9 Å². The predicted molar refractivity (Wildman–Crippen MR) is 57.2 cm³/mol. The molecule has 0 saturated heterocycles. The van der Waals surface area contributed by atoms with E-state index in [1.165, 1.54) is 24.8 Å². The van der Waals surface area contributed by atoms with Gasteiger partial charge in [-0.3, -0.25) is 0 Å². The summed E-state index contributed by atoms with van der Waals surface area (Å²) in [5.41, 5.74) is 1.36. The number of rotatable bonds is 3. The molecular weight excluding hydrogens is 180 g/mol. The number of benzene rings is 1. The molecule has 1 aliphatic rings. The van der Waals surface area contributed by atoms with Crippen molar-refractivity contribution in [3.63, 3.8) is 0 Å². The molecule has 1 atom stereocenters. The van der Waals surface area contributed by atoms with Gasteiger partial charge in [-0.1, -0.05) is 36.7 Å². The van der Waals surface area contributed by atoms with Crippen LogP contribution in [0.15, 0.2) is 24.3 Å². The summed E-state index contributed by atoms with van der Waals surface area (Å²) in [4.78, 5) is 0. The molecule has 0 bridgehead atoms. The lowest BCUT2D eigenvalue weighted by atomic mass is 9.92. The molecule has 0 nitrogen and oxygen atoms in total. The lowest BCUT2D eigenvalue weighted by Gasteiger charge is -2.15. The summed E-state index contributed by atoms with van der Waals surface area (Å²) in [5, 5.41) is 0.946. The molecule has 1 aromatic rings. The molecule has 1 unspecified atom stereocenters. The standard InChI is InChI=1S/C12H15Cl/c1-2-10(9-7-8-9)11-5-3-4-6-12(11)13/h3-6,9-10H,2,7-8H2,1H3. The van der Waals surface area contributed by atoms with E-state index >= 15 is 0 Å². The first-order chi connectivity index (χ1) is 6.33. The normalized spacial score (nSPS) is 18.6. The first kappa shape index (κ1) is 9.08. The zero-order valence-electron chi connectivity index (χ0n) is 7.96. The SMILES string of the molecule is CCC(c1ccccc1Cl)C1CC1. The van der Waals surface area contributed by atoms with Crippen molar-refractivity contribution in [2.24, 2.45) is 5.92 Å². The molecule has 1 saturated carbocycles. The summed E-state index contributed by atoms with van der Waals surface area (Å²) in [6.45, 7) is 2.26. The van der Waals surface area contributed by atoms with Crippen LogP contribution >= 0.6 is 11.6 Å². The lowest BCUT2D eigenvalue weighted by Crippen LogP contribution is -1.99. The van der Waals surface area contributed by atoms with Gasteiger partial charge in [-0.05, 0) is 42.7 Å². The third-order valence-electron chi connectivity index (χ3n) is 2.94. The predicted octanol–water partition coefficient (Wildman–Crippen LogP) is 4.24. The van der Waals surface area contributed by atoms with Crippen molar-refractivity contribution in [1.29, 1.82) is 0 Å². The molecular formula is C12H15Cl. The van der Waals surface area contributed by atoms with Crippen LogP contribution in [0, 0.1) is 5.92 Å². The molecule has 0 amide bonds. The van der Waals surface area contributed by atoms with Crippen molar-refractivity contribution >= 4 is 11.6 Å². The summed E-state index contributed by atoms with van der Waals surface area (Å²) < 4.78 is 0. The minimum Gasteiger partial charge on any atom is -0.0840 e. The fourth-order valence-corrected chi connectivity index (χ4v) is 2.36. The second-order valence-corrected chi connectivity index (χ2v) is 4.28. The second kappa shape index (κ2) is 3.71. The average molecular weight is 195 g/mol. The van der Waals surface area contributed by atoms with Gasteiger partial charge in [-0.2, -0.15) is 0 Å². The maximum absolute atomic E-state index is 6.17. The highest BCUT2D eigenvalue weighted by Crippen LogP contribution is 2.45. The Balaban J connectivity index is 2.26. The molecule has 13 heavy (non-hydrogen) atoms. The van der Waals surface area contributed by atoms with Crippen LogP contribution in [0.2, 0.25) is 5.02 Å². The van der Waals surface area contributed by atoms with Crippen LogP contribution in [0.1, 0.15) is 37.7 Å². The van der Waals surface area contributed by atoms with E-state index in [2.05, 4.69) is 19.1 Å². The van der Waals surface area contributed by atoms with E-state index in [9.17, 15) is 0 Å². The van der Waals surface area contributed by atoms with Crippen LogP contribution in [0.3, 0.4) is 0 Å². The van der Waals surface area contributed by atoms with E-state index in [0.717, 1.165) is 10.9 Å². The summed E-state index contributed by atoms with van der Waals surface area (Å²) in [6.07, 6.45) is 4.00. The Hall–Kier alpha value is -0.490. The molecule has 2 rings (SSSR count). The minimum absolute atomic E-state index is 0.702. The molecule has 1 fully saturated rings. The smallest absolute Gasteiger partial charge is 0.0440 e. The van der Waals surface area contributed by atoms with Gasteiger partial charge in [0.05, 0.1) is 0 Å². The molecule has 0 spiro atoms. The van der Waals surface area contributed by atoms with Crippen LogP contribution < -0.4 is 0 Å². The summed E-state index contributed by atoms with van der Waals surface area (Å²) in [5.74, 6) is 1.61. The largest absolute Gasteiger partial charge is 0.0840 e. The molecule has 0 radical (unpaired) electrons. The third-order valence-corrected chi connectivity index (χ3v) is 3.28. The Kier molecular flexibility index (Phi) is 2.59. The number of halogens is 1. The van der Waals surface area contributed by atoms with Gasteiger partial charge in [-0.25, -0.2) is 0 Å². The summed E-state index contributed by atoms with van der Waals surface area (Å²) in [6, 6.07) is 8.27. The maximum Gasteiger partial charge on any atom is 0.0440 e. The molecule has 1 aliphatic carbocycles. The summed E-state index contributed by atoms with van der Waals surface area (Å²) >= 11 is 6.17. The number of hydrogen-bond acceptors (Lipinski definition) is 0. The van der Waals surface area contributed by atoms with Crippen molar-refractivity contribution in [3.05, 3.63) is 34.9 Å². The molecule has 0 heterocycles. The molecule has 0 N–H and O–H groups in total.